The Morgan fingerprint density at radius 2 is 1.86 bits per heavy atom. The minimum absolute atomic E-state index is 0.0142. The Hall–Kier alpha value is -2.38. The first-order valence-corrected chi connectivity index (χ1v) is 9.72. The van der Waals surface area contributed by atoms with Gasteiger partial charge in [0.1, 0.15) is 25.1 Å². The SMILES string of the molecule is Cc1cc(O)c([C@@H]2CCC(F)(F)[C@@H](CO)O2)cc1Cc1ccc2c(c1)OCCO2. The van der Waals surface area contributed by atoms with Crippen molar-refractivity contribution in [2.45, 2.75) is 44.3 Å². The largest absolute Gasteiger partial charge is 0.508 e. The second kappa shape index (κ2) is 7.80. The van der Waals surface area contributed by atoms with Gasteiger partial charge in [-0.15, -0.1) is 0 Å². The van der Waals surface area contributed by atoms with E-state index < -0.39 is 31.2 Å². The Morgan fingerprint density at radius 3 is 2.62 bits per heavy atom. The van der Waals surface area contributed by atoms with Crippen molar-refractivity contribution in [2.75, 3.05) is 19.8 Å². The highest BCUT2D eigenvalue weighted by molar-refractivity contribution is 5.48. The molecule has 29 heavy (non-hydrogen) atoms. The zero-order chi connectivity index (χ0) is 20.6. The van der Waals surface area contributed by atoms with Gasteiger partial charge < -0.3 is 24.4 Å². The number of hydrogen-bond donors (Lipinski definition) is 2. The van der Waals surface area contributed by atoms with Crippen LogP contribution in [-0.4, -0.2) is 42.1 Å². The average Bonchev–Trinajstić information content (AvgIpc) is 2.70. The van der Waals surface area contributed by atoms with Gasteiger partial charge >= 0.3 is 0 Å². The van der Waals surface area contributed by atoms with Crippen LogP contribution >= 0.6 is 0 Å². The van der Waals surface area contributed by atoms with E-state index in [1.807, 2.05) is 31.2 Å². The zero-order valence-corrected chi connectivity index (χ0v) is 16.2. The number of rotatable bonds is 4. The Morgan fingerprint density at radius 1 is 1.10 bits per heavy atom. The maximum atomic E-state index is 13.9. The summed E-state index contributed by atoms with van der Waals surface area (Å²) in [6, 6.07) is 9.20. The van der Waals surface area contributed by atoms with Crippen molar-refractivity contribution in [3.63, 3.8) is 0 Å². The van der Waals surface area contributed by atoms with E-state index in [0.29, 0.717) is 30.9 Å². The maximum absolute atomic E-state index is 13.9. The Labute approximate surface area is 167 Å². The number of aliphatic hydroxyl groups excluding tert-OH is 1. The van der Waals surface area contributed by atoms with Gasteiger partial charge in [-0.3, -0.25) is 0 Å². The number of hydrogen-bond acceptors (Lipinski definition) is 5. The minimum atomic E-state index is -3.07. The van der Waals surface area contributed by atoms with Crippen LogP contribution < -0.4 is 9.47 Å². The lowest BCUT2D eigenvalue weighted by Gasteiger charge is -2.36. The highest BCUT2D eigenvalue weighted by Crippen LogP contribution is 2.43. The number of fused-ring (bicyclic) bond motifs is 1. The summed E-state index contributed by atoms with van der Waals surface area (Å²) in [5.74, 6) is -1.64. The van der Waals surface area contributed by atoms with E-state index in [-0.39, 0.29) is 12.2 Å². The molecule has 2 aliphatic heterocycles. The minimum Gasteiger partial charge on any atom is -0.508 e. The monoisotopic (exact) mass is 406 g/mol. The van der Waals surface area contributed by atoms with Crippen LogP contribution in [-0.2, 0) is 11.2 Å². The fraction of sp³-hybridized carbons (Fsp3) is 0.455. The number of benzene rings is 2. The molecule has 7 heteroatoms. The summed E-state index contributed by atoms with van der Waals surface area (Å²) in [7, 11) is 0. The molecule has 1 fully saturated rings. The molecule has 156 valence electrons. The second-order valence-corrected chi connectivity index (χ2v) is 7.59. The molecule has 4 rings (SSSR count). The molecule has 0 saturated carbocycles. The fourth-order valence-corrected chi connectivity index (χ4v) is 3.88. The third-order valence-corrected chi connectivity index (χ3v) is 5.54. The molecule has 2 atom stereocenters. The standard InChI is InChI=1S/C22H24F2O5/c1-13-8-17(26)16(18-4-5-22(23,24)21(12-25)29-18)11-15(13)9-14-2-3-19-20(10-14)28-7-6-27-19/h2-3,8,10-11,18,21,25-26H,4-7,9,12H2,1H3/t18-,21+/m0/s1. The third-order valence-electron chi connectivity index (χ3n) is 5.54. The quantitative estimate of drug-likeness (QED) is 0.806. The first kappa shape index (κ1) is 19.9. The lowest BCUT2D eigenvalue weighted by Crippen LogP contribution is -2.43. The molecular weight excluding hydrogens is 382 g/mol. The van der Waals surface area contributed by atoms with E-state index in [1.54, 1.807) is 6.07 Å². The summed E-state index contributed by atoms with van der Waals surface area (Å²) < 4.78 is 44.3. The van der Waals surface area contributed by atoms with Gasteiger partial charge in [0, 0.05) is 12.0 Å². The van der Waals surface area contributed by atoms with Crippen LogP contribution in [0.5, 0.6) is 17.2 Å². The molecule has 0 unspecified atom stereocenters. The Balaban J connectivity index is 1.59. The topological polar surface area (TPSA) is 68.2 Å². The first-order chi connectivity index (χ1) is 13.9. The van der Waals surface area contributed by atoms with Crippen molar-refractivity contribution in [3.8, 4) is 17.2 Å². The number of phenols is 1. The van der Waals surface area contributed by atoms with Gasteiger partial charge in [0.2, 0.25) is 0 Å². The lowest BCUT2D eigenvalue weighted by atomic mass is 9.91. The van der Waals surface area contributed by atoms with E-state index in [0.717, 1.165) is 22.4 Å². The smallest absolute Gasteiger partial charge is 0.276 e. The summed E-state index contributed by atoms with van der Waals surface area (Å²) in [4.78, 5) is 0. The fourth-order valence-electron chi connectivity index (χ4n) is 3.88. The number of ether oxygens (including phenoxy) is 3. The van der Waals surface area contributed by atoms with Crippen molar-refractivity contribution >= 4 is 0 Å². The van der Waals surface area contributed by atoms with Gasteiger partial charge in [0.25, 0.3) is 5.92 Å². The second-order valence-electron chi connectivity index (χ2n) is 7.59. The van der Waals surface area contributed by atoms with Crippen LogP contribution in [0.15, 0.2) is 30.3 Å². The molecule has 0 bridgehead atoms. The summed E-state index contributed by atoms with van der Waals surface area (Å²) in [5, 5.41) is 19.7. The molecule has 0 aliphatic carbocycles. The predicted octanol–water partition coefficient (Wildman–Crippen LogP) is 3.91. The summed E-state index contributed by atoms with van der Waals surface area (Å²) in [6.07, 6.45) is -1.99. The van der Waals surface area contributed by atoms with Crippen LogP contribution in [0.2, 0.25) is 0 Å². The Bertz CT molecular complexity index is 899. The van der Waals surface area contributed by atoms with E-state index in [4.69, 9.17) is 14.2 Å². The van der Waals surface area contributed by atoms with Gasteiger partial charge in [-0.2, -0.15) is 0 Å². The molecule has 2 heterocycles. The van der Waals surface area contributed by atoms with Crippen LogP contribution in [0.4, 0.5) is 8.78 Å². The molecule has 2 aromatic carbocycles. The molecule has 0 amide bonds. The van der Waals surface area contributed by atoms with Gasteiger partial charge in [0.15, 0.2) is 11.5 Å². The van der Waals surface area contributed by atoms with Crippen LogP contribution in [0, 0.1) is 6.92 Å². The predicted molar refractivity (Wildman–Crippen MR) is 102 cm³/mol. The van der Waals surface area contributed by atoms with Crippen molar-refractivity contribution in [2.24, 2.45) is 0 Å². The maximum Gasteiger partial charge on any atom is 0.276 e. The summed E-state index contributed by atoms with van der Waals surface area (Å²) >= 11 is 0. The van der Waals surface area contributed by atoms with Gasteiger partial charge in [-0.25, -0.2) is 8.78 Å². The van der Waals surface area contributed by atoms with E-state index in [1.165, 1.54) is 0 Å². The first-order valence-electron chi connectivity index (χ1n) is 9.72. The van der Waals surface area contributed by atoms with Crippen molar-refractivity contribution in [3.05, 3.63) is 52.6 Å². The summed E-state index contributed by atoms with van der Waals surface area (Å²) in [6.45, 7) is 2.17. The van der Waals surface area contributed by atoms with Gasteiger partial charge in [0.05, 0.1) is 12.7 Å². The van der Waals surface area contributed by atoms with Gasteiger partial charge in [-0.1, -0.05) is 6.07 Å². The number of alkyl halides is 2. The normalized spacial score (nSPS) is 23.0. The molecule has 0 spiro atoms. The highest BCUT2D eigenvalue weighted by atomic mass is 19.3. The lowest BCUT2D eigenvalue weighted by molar-refractivity contribution is -0.211. The molecule has 2 aromatic rings. The molecule has 5 nitrogen and oxygen atoms in total. The van der Waals surface area contributed by atoms with E-state index in [2.05, 4.69) is 0 Å². The van der Waals surface area contributed by atoms with Crippen molar-refractivity contribution < 1.29 is 33.2 Å². The average molecular weight is 406 g/mol. The molecule has 2 N–H and O–H groups in total. The van der Waals surface area contributed by atoms with Crippen LogP contribution in [0.25, 0.3) is 0 Å². The molecular formula is C22H24F2O5. The van der Waals surface area contributed by atoms with Gasteiger partial charge in [-0.05, 0) is 60.7 Å². The highest BCUT2D eigenvalue weighted by Gasteiger charge is 2.46. The van der Waals surface area contributed by atoms with E-state index >= 15 is 0 Å². The molecule has 0 aromatic heterocycles. The van der Waals surface area contributed by atoms with Crippen molar-refractivity contribution in [1.29, 1.82) is 0 Å². The molecule has 2 aliphatic rings. The van der Waals surface area contributed by atoms with Crippen molar-refractivity contribution in [1.82, 2.24) is 0 Å². The van der Waals surface area contributed by atoms with Crippen LogP contribution in [0.1, 0.15) is 41.2 Å². The number of halogens is 2. The molecule has 0 radical (unpaired) electrons. The summed E-state index contributed by atoms with van der Waals surface area (Å²) in [5.41, 5.74) is 3.33. The number of aromatic hydroxyl groups is 1. The number of aryl methyl sites for hydroxylation is 1. The van der Waals surface area contributed by atoms with E-state index in [9.17, 15) is 19.0 Å². The number of phenolic OH excluding ortho intramolecular Hbond substituents is 1. The molecule has 1 saturated heterocycles. The van der Waals surface area contributed by atoms with Crippen LogP contribution in [0.3, 0.4) is 0 Å². The Kier molecular flexibility index (Phi) is 5.36. The zero-order valence-electron chi connectivity index (χ0n) is 16.2. The number of aliphatic hydroxyl groups is 1. The third kappa shape index (κ3) is 4.02.